The molecule has 0 aliphatic heterocycles. The van der Waals surface area contributed by atoms with Gasteiger partial charge in [-0.25, -0.2) is 4.39 Å². The van der Waals surface area contributed by atoms with Crippen molar-refractivity contribution < 1.29 is 9.18 Å². The predicted molar refractivity (Wildman–Crippen MR) is 82.6 cm³/mol. The Morgan fingerprint density at radius 3 is 2.86 bits per heavy atom. The molecule has 1 aromatic heterocycles. The molecule has 2 rings (SSSR count). The third-order valence-electron chi connectivity index (χ3n) is 2.93. The van der Waals surface area contributed by atoms with Crippen LogP contribution in [0.2, 0.25) is 0 Å². The first-order valence-electron chi connectivity index (χ1n) is 6.41. The van der Waals surface area contributed by atoms with Crippen LogP contribution in [-0.4, -0.2) is 12.5 Å². The second kappa shape index (κ2) is 7.02. The zero-order valence-corrected chi connectivity index (χ0v) is 12.4. The highest BCUT2D eigenvalue weighted by atomic mass is 32.1. The van der Waals surface area contributed by atoms with E-state index in [4.69, 9.17) is 5.73 Å². The maximum Gasteiger partial charge on any atom is 0.251 e. The predicted octanol–water partition coefficient (Wildman–Crippen LogP) is 2.44. The van der Waals surface area contributed by atoms with Crippen LogP contribution in [0.1, 0.15) is 26.4 Å². The lowest BCUT2D eigenvalue weighted by Crippen LogP contribution is -2.22. The summed E-state index contributed by atoms with van der Waals surface area (Å²) in [6, 6.07) is 6.23. The maximum absolute atomic E-state index is 13.8. The van der Waals surface area contributed by atoms with Crippen LogP contribution in [0.3, 0.4) is 0 Å². The topological polar surface area (TPSA) is 55.1 Å². The SMILES string of the molecule is Cc1ccsc1CNC(=O)c1ccc(C#CCN)c(F)c1. The molecule has 0 aliphatic rings. The lowest BCUT2D eigenvalue weighted by Gasteiger charge is -2.05. The van der Waals surface area contributed by atoms with E-state index in [1.165, 1.54) is 12.1 Å². The van der Waals surface area contributed by atoms with Crippen LogP contribution < -0.4 is 11.1 Å². The number of amides is 1. The van der Waals surface area contributed by atoms with Crippen LogP contribution in [0, 0.1) is 24.6 Å². The molecule has 1 aromatic carbocycles. The zero-order valence-electron chi connectivity index (χ0n) is 11.6. The van der Waals surface area contributed by atoms with Crippen molar-refractivity contribution in [2.24, 2.45) is 5.73 Å². The molecule has 108 valence electrons. The Kier molecular flexibility index (Phi) is 5.09. The summed E-state index contributed by atoms with van der Waals surface area (Å²) in [5.41, 5.74) is 6.90. The maximum atomic E-state index is 13.8. The minimum absolute atomic E-state index is 0.168. The average Bonchev–Trinajstić information content (AvgIpc) is 2.88. The molecule has 0 aliphatic carbocycles. The first-order chi connectivity index (χ1) is 10.1. The summed E-state index contributed by atoms with van der Waals surface area (Å²) in [6.45, 7) is 2.60. The molecule has 0 atom stereocenters. The molecule has 2 aromatic rings. The number of nitrogens with two attached hydrogens (primary N) is 1. The van der Waals surface area contributed by atoms with E-state index in [0.29, 0.717) is 6.54 Å². The smallest absolute Gasteiger partial charge is 0.251 e. The van der Waals surface area contributed by atoms with Crippen molar-refractivity contribution in [2.75, 3.05) is 6.54 Å². The second-order valence-corrected chi connectivity index (χ2v) is 5.41. The summed E-state index contributed by atoms with van der Waals surface area (Å²) in [7, 11) is 0. The fraction of sp³-hybridized carbons (Fsp3) is 0.188. The number of rotatable bonds is 3. The van der Waals surface area contributed by atoms with Gasteiger partial charge in [-0.1, -0.05) is 11.8 Å². The van der Waals surface area contributed by atoms with Crippen molar-refractivity contribution in [1.29, 1.82) is 0 Å². The van der Waals surface area contributed by atoms with Crippen LogP contribution in [0.15, 0.2) is 29.6 Å². The Balaban J connectivity index is 2.06. The van der Waals surface area contributed by atoms with Crippen molar-refractivity contribution in [3.05, 3.63) is 57.0 Å². The average molecular weight is 302 g/mol. The number of nitrogens with one attached hydrogen (secondary N) is 1. The molecule has 1 amide bonds. The van der Waals surface area contributed by atoms with Crippen molar-refractivity contribution in [3.63, 3.8) is 0 Å². The van der Waals surface area contributed by atoms with E-state index >= 15 is 0 Å². The van der Waals surface area contributed by atoms with E-state index in [1.807, 2.05) is 18.4 Å². The number of carbonyl (C=O) groups excluding carboxylic acids is 1. The molecule has 0 unspecified atom stereocenters. The lowest BCUT2D eigenvalue weighted by molar-refractivity contribution is 0.0951. The number of carbonyl (C=O) groups is 1. The number of benzene rings is 1. The molecular weight excluding hydrogens is 287 g/mol. The van der Waals surface area contributed by atoms with Crippen LogP contribution >= 0.6 is 11.3 Å². The van der Waals surface area contributed by atoms with E-state index in [0.717, 1.165) is 10.4 Å². The fourth-order valence-electron chi connectivity index (χ4n) is 1.75. The monoisotopic (exact) mass is 302 g/mol. The van der Waals surface area contributed by atoms with Gasteiger partial charge in [-0.3, -0.25) is 4.79 Å². The van der Waals surface area contributed by atoms with Gasteiger partial charge in [-0.15, -0.1) is 11.3 Å². The normalized spacial score (nSPS) is 9.86. The van der Waals surface area contributed by atoms with Crippen molar-refractivity contribution in [1.82, 2.24) is 5.32 Å². The van der Waals surface area contributed by atoms with Crippen molar-refractivity contribution in [3.8, 4) is 11.8 Å². The molecule has 0 radical (unpaired) electrons. The van der Waals surface area contributed by atoms with Gasteiger partial charge in [-0.05, 0) is 42.1 Å². The minimum Gasteiger partial charge on any atom is -0.347 e. The first-order valence-corrected chi connectivity index (χ1v) is 7.29. The number of hydrogen-bond acceptors (Lipinski definition) is 3. The van der Waals surface area contributed by atoms with Crippen LogP contribution in [0.25, 0.3) is 0 Å². The number of aryl methyl sites for hydroxylation is 1. The molecule has 5 heteroatoms. The Morgan fingerprint density at radius 2 is 2.24 bits per heavy atom. The number of hydrogen-bond donors (Lipinski definition) is 2. The van der Waals surface area contributed by atoms with E-state index in [1.54, 1.807) is 17.4 Å². The van der Waals surface area contributed by atoms with E-state index in [-0.39, 0.29) is 23.6 Å². The Bertz CT molecular complexity index is 713. The molecule has 0 bridgehead atoms. The Morgan fingerprint density at radius 1 is 1.43 bits per heavy atom. The fourth-order valence-corrected chi connectivity index (χ4v) is 2.60. The molecule has 0 spiro atoms. The molecular formula is C16H15FN2OS. The molecule has 0 saturated heterocycles. The van der Waals surface area contributed by atoms with Gasteiger partial charge in [0.1, 0.15) is 5.82 Å². The van der Waals surface area contributed by atoms with Gasteiger partial charge in [0.15, 0.2) is 0 Å². The van der Waals surface area contributed by atoms with Gasteiger partial charge in [-0.2, -0.15) is 0 Å². The summed E-state index contributed by atoms with van der Waals surface area (Å²) >= 11 is 1.58. The molecule has 0 fully saturated rings. The molecule has 0 saturated carbocycles. The van der Waals surface area contributed by atoms with Gasteiger partial charge in [0.25, 0.3) is 5.91 Å². The highest BCUT2D eigenvalue weighted by molar-refractivity contribution is 7.10. The van der Waals surface area contributed by atoms with E-state index in [9.17, 15) is 9.18 Å². The largest absolute Gasteiger partial charge is 0.347 e. The minimum atomic E-state index is -0.518. The summed E-state index contributed by atoms with van der Waals surface area (Å²) in [5, 5.41) is 4.75. The summed E-state index contributed by atoms with van der Waals surface area (Å²) in [4.78, 5) is 13.1. The molecule has 3 N–H and O–H groups in total. The van der Waals surface area contributed by atoms with Crippen LogP contribution in [0.4, 0.5) is 4.39 Å². The summed E-state index contributed by atoms with van der Waals surface area (Å²) < 4.78 is 13.8. The standard InChI is InChI=1S/C16H15FN2OS/c1-11-6-8-21-15(11)10-19-16(20)13-5-4-12(3-2-7-18)14(17)9-13/h4-6,8-9H,7,10,18H2,1H3,(H,19,20). The van der Waals surface area contributed by atoms with Crippen LogP contribution in [-0.2, 0) is 6.54 Å². The van der Waals surface area contributed by atoms with Crippen molar-refractivity contribution >= 4 is 17.2 Å². The van der Waals surface area contributed by atoms with Gasteiger partial charge < -0.3 is 11.1 Å². The Hall–Kier alpha value is -2.16. The summed E-state index contributed by atoms with van der Waals surface area (Å²) in [5.74, 6) is 4.38. The second-order valence-electron chi connectivity index (χ2n) is 4.41. The van der Waals surface area contributed by atoms with E-state index in [2.05, 4.69) is 17.2 Å². The zero-order chi connectivity index (χ0) is 15.2. The van der Waals surface area contributed by atoms with Crippen LogP contribution in [0.5, 0.6) is 0 Å². The molecule has 1 heterocycles. The highest BCUT2D eigenvalue weighted by Gasteiger charge is 2.09. The van der Waals surface area contributed by atoms with E-state index < -0.39 is 5.82 Å². The third kappa shape index (κ3) is 3.91. The van der Waals surface area contributed by atoms with Gasteiger partial charge in [0, 0.05) is 10.4 Å². The van der Waals surface area contributed by atoms with Gasteiger partial charge >= 0.3 is 0 Å². The molecule has 21 heavy (non-hydrogen) atoms. The highest BCUT2D eigenvalue weighted by Crippen LogP contribution is 2.15. The number of thiophene rings is 1. The van der Waals surface area contributed by atoms with Gasteiger partial charge in [0.2, 0.25) is 0 Å². The quantitative estimate of drug-likeness (QED) is 0.856. The van der Waals surface area contributed by atoms with Crippen molar-refractivity contribution in [2.45, 2.75) is 13.5 Å². The molecule has 3 nitrogen and oxygen atoms in total. The lowest BCUT2D eigenvalue weighted by atomic mass is 10.1. The Labute approximate surface area is 127 Å². The number of halogens is 1. The third-order valence-corrected chi connectivity index (χ3v) is 3.96. The summed E-state index contributed by atoms with van der Waals surface area (Å²) in [6.07, 6.45) is 0. The first kappa shape index (κ1) is 15.2. The van der Waals surface area contributed by atoms with Gasteiger partial charge in [0.05, 0.1) is 18.7 Å².